The van der Waals surface area contributed by atoms with Crippen LogP contribution < -0.4 is 11.1 Å². The van der Waals surface area contributed by atoms with Crippen LogP contribution in [0.15, 0.2) is 12.4 Å². The minimum absolute atomic E-state index is 0.0249. The lowest BCUT2D eigenvalue weighted by molar-refractivity contribution is -0.192. The lowest BCUT2D eigenvalue weighted by Crippen LogP contribution is -2.46. The van der Waals surface area contributed by atoms with Crippen molar-refractivity contribution >= 4 is 17.8 Å². The molecule has 1 aromatic rings. The first-order valence-corrected chi connectivity index (χ1v) is 8.56. The van der Waals surface area contributed by atoms with E-state index in [9.17, 15) is 22.8 Å². The molecule has 1 aliphatic heterocycles. The molecule has 9 nitrogen and oxygen atoms in total. The van der Waals surface area contributed by atoms with Crippen LogP contribution in [0.2, 0.25) is 0 Å². The molecule has 1 fully saturated rings. The molecule has 12 heteroatoms. The predicted octanol–water partition coefficient (Wildman–Crippen LogP) is 0.0503. The number of nitrogens with zero attached hydrogens (tertiary/aromatic N) is 3. The van der Waals surface area contributed by atoms with Crippen molar-refractivity contribution in [3.05, 3.63) is 18.0 Å². The number of likely N-dealkylation sites (N-methyl/N-ethyl adjacent to an activating group) is 1. The van der Waals surface area contributed by atoms with Crippen molar-refractivity contribution in [2.24, 2.45) is 12.8 Å². The Kier molecular flexibility index (Phi) is 8.41. The van der Waals surface area contributed by atoms with Crippen molar-refractivity contribution in [2.45, 2.75) is 44.4 Å². The number of carbonyl (C=O) groups is 3. The van der Waals surface area contributed by atoms with Crippen LogP contribution in [0.5, 0.6) is 0 Å². The van der Waals surface area contributed by atoms with Crippen LogP contribution in [0.1, 0.15) is 25.3 Å². The number of hydrogen-bond donors (Lipinski definition) is 3. The van der Waals surface area contributed by atoms with E-state index in [1.165, 1.54) is 0 Å². The second kappa shape index (κ2) is 10.1. The van der Waals surface area contributed by atoms with Crippen LogP contribution in [0, 0.1) is 0 Å². The summed E-state index contributed by atoms with van der Waals surface area (Å²) in [7, 11) is 1.84. The molecule has 1 aliphatic rings. The molecule has 0 radical (unpaired) electrons. The van der Waals surface area contributed by atoms with Crippen LogP contribution in [0.3, 0.4) is 0 Å². The number of aromatic nitrogens is 2. The number of aryl methyl sites for hydroxylation is 2. The summed E-state index contributed by atoms with van der Waals surface area (Å²) in [5, 5.41) is 14.0. The van der Waals surface area contributed by atoms with Gasteiger partial charge in [0.1, 0.15) is 6.04 Å². The zero-order valence-corrected chi connectivity index (χ0v) is 15.6. The second-order valence-electron chi connectivity index (χ2n) is 6.28. The molecule has 2 atom stereocenters. The third-order valence-corrected chi connectivity index (χ3v) is 3.94. The van der Waals surface area contributed by atoms with Gasteiger partial charge in [0.25, 0.3) is 0 Å². The summed E-state index contributed by atoms with van der Waals surface area (Å²) >= 11 is 0. The molecule has 0 bridgehead atoms. The van der Waals surface area contributed by atoms with Crippen molar-refractivity contribution in [1.82, 2.24) is 20.0 Å². The molecular weight excluding hydrogens is 383 g/mol. The smallest absolute Gasteiger partial charge is 0.475 e. The summed E-state index contributed by atoms with van der Waals surface area (Å²) in [4.78, 5) is 34.9. The molecule has 2 amide bonds. The van der Waals surface area contributed by atoms with E-state index < -0.39 is 18.2 Å². The quantitative estimate of drug-likeness (QED) is 0.632. The van der Waals surface area contributed by atoms with Gasteiger partial charge in [-0.25, -0.2) is 4.79 Å². The fourth-order valence-electron chi connectivity index (χ4n) is 2.68. The van der Waals surface area contributed by atoms with Crippen LogP contribution in [0.4, 0.5) is 13.2 Å². The Balaban J connectivity index is 0.000000480. The highest BCUT2D eigenvalue weighted by atomic mass is 19.4. The molecule has 2 heterocycles. The normalized spacial score (nSPS) is 19.0. The fraction of sp³-hybridized carbons (Fsp3) is 0.625. The standard InChI is InChI=1S/C14H23N5O2.C2HF3O2/c1-3-16-14(21)12-6-11(15)9-19(12)13(20)5-4-10-7-17-18(2)8-10;3-2(4,5)1(6)7/h7-8,11-12H,3-6,9,15H2,1-2H3,(H,16,21);(H,6,7)/t11-,12+;/m1./s1. The van der Waals surface area contributed by atoms with E-state index >= 15 is 0 Å². The van der Waals surface area contributed by atoms with Gasteiger partial charge in [-0.1, -0.05) is 0 Å². The minimum atomic E-state index is -5.08. The molecule has 0 spiro atoms. The zero-order valence-electron chi connectivity index (χ0n) is 15.6. The third kappa shape index (κ3) is 7.18. The molecule has 0 saturated carbocycles. The summed E-state index contributed by atoms with van der Waals surface area (Å²) < 4.78 is 33.4. The number of amides is 2. The van der Waals surface area contributed by atoms with E-state index in [0.29, 0.717) is 32.4 Å². The van der Waals surface area contributed by atoms with E-state index in [4.69, 9.17) is 15.6 Å². The molecule has 1 saturated heterocycles. The maximum atomic E-state index is 12.4. The first-order valence-electron chi connectivity index (χ1n) is 8.56. The first kappa shape index (κ1) is 23.4. The Morgan fingerprint density at radius 1 is 1.39 bits per heavy atom. The summed E-state index contributed by atoms with van der Waals surface area (Å²) in [5.41, 5.74) is 6.93. The molecule has 4 N–H and O–H groups in total. The van der Waals surface area contributed by atoms with Crippen LogP contribution in [0.25, 0.3) is 0 Å². The SMILES string of the molecule is CCNC(=O)[C@@H]1C[C@@H](N)CN1C(=O)CCc1cnn(C)c1.O=C(O)C(F)(F)F. The van der Waals surface area contributed by atoms with Gasteiger partial charge in [0.15, 0.2) is 0 Å². The molecule has 1 aromatic heterocycles. The lowest BCUT2D eigenvalue weighted by atomic mass is 10.1. The number of aliphatic carboxylic acids is 1. The summed E-state index contributed by atoms with van der Waals surface area (Å²) in [6, 6.07) is -0.554. The Morgan fingerprint density at radius 2 is 2.00 bits per heavy atom. The van der Waals surface area contributed by atoms with Crippen molar-refractivity contribution in [3.8, 4) is 0 Å². The molecule has 2 rings (SSSR count). The number of likely N-dealkylation sites (tertiary alicyclic amines) is 1. The summed E-state index contributed by atoms with van der Waals surface area (Å²) in [6.07, 6.45) is 0.0911. The number of nitrogens with two attached hydrogens (primary N) is 1. The summed E-state index contributed by atoms with van der Waals surface area (Å²) in [6.45, 7) is 2.87. The van der Waals surface area contributed by atoms with Crippen molar-refractivity contribution < 1.29 is 32.7 Å². The van der Waals surface area contributed by atoms with Crippen molar-refractivity contribution in [3.63, 3.8) is 0 Å². The van der Waals surface area contributed by atoms with Gasteiger partial charge in [-0.2, -0.15) is 18.3 Å². The monoisotopic (exact) mass is 407 g/mol. The second-order valence-corrected chi connectivity index (χ2v) is 6.28. The van der Waals surface area contributed by atoms with E-state index in [1.54, 1.807) is 15.8 Å². The molecule has 0 aliphatic carbocycles. The van der Waals surface area contributed by atoms with Crippen LogP contribution >= 0.6 is 0 Å². The highest BCUT2D eigenvalue weighted by Crippen LogP contribution is 2.18. The topological polar surface area (TPSA) is 131 Å². The van der Waals surface area contributed by atoms with Crippen LogP contribution in [-0.4, -0.2) is 68.9 Å². The highest BCUT2D eigenvalue weighted by Gasteiger charge is 2.38. The summed E-state index contributed by atoms with van der Waals surface area (Å²) in [5.74, 6) is -2.89. The van der Waals surface area contributed by atoms with Gasteiger partial charge in [-0.05, 0) is 25.3 Å². The number of carboxylic acid groups (broad SMARTS) is 1. The van der Waals surface area contributed by atoms with Gasteiger partial charge < -0.3 is 21.1 Å². The Hall–Kier alpha value is -2.63. The Labute approximate surface area is 159 Å². The van der Waals surface area contributed by atoms with E-state index in [2.05, 4.69) is 10.4 Å². The number of rotatable bonds is 5. The molecular formula is C16H24F3N5O4. The van der Waals surface area contributed by atoms with E-state index in [1.807, 2.05) is 20.2 Å². The average molecular weight is 407 g/mol. The fourth-order valence-corrected chi connectivity index (χ4v) is 2.68. The number of carboxylic acids is 1. The Morgan fingerprint density at radius 3 is 2.46 bits per heavy atom. The van der Waals surface area contributed by atoms with Gasteiger partial charge >= 0.3 is 12.1 Å². The number of carbonyl (C=O) groups excluding carboxylic acids is 2. The first-order chi connectivity index (χ1) is 13.0. The Bertz CT molecular complexity index is 692. The van der Waals surface area contributed by atoms with Crippen molar-refractivity contribution in [2.75, 3.05) is 13.1 Å². The predicted molar refractivity (Wildman–Crippen MR) is 92.0 cm³/mol. The van der Waals surface area contributed by atoms with Gasteiger partial charge in [-0.3, -0.25) is 14.3 Å². The molecule has 158 valence electrons. The zero-order chi connectivity index (χ0) is 21.5. The number of nitrogens with one attached hydrogen (secondary N) is 1. The molecule has 0 unspecified atom stereocenters. The largest absolute Gasteiger partial charge is 0.490 e. The van der Waals surface area contributed by atoms with Gasteiger partial charge in [0.05, 0.1) is 6.20 Å². The minimum Gasteiger partial charge on any atom is -0.475 e. The third-order valence-electron chi connectivity index (χ3n) is 3.94. The number of hydrogen-bond acceptors (Lipinski definition) is 5. The van der Waals surface area contributed by atoms with Gasteiger partial charge in [0.2, 0.25) is 11.8 Å². The highest BCUT2D eigenvalue weighted by molar-refractivity contribution is 5.88. The molecule has 0 aromatic carbocycles. The van der Waals surface area contributed by atoms with E-state index in [0.717, 1.165) is 5.56 Å². The number of halogens is 3. The maximum Gasteiger partial charge on any atom is 0.490 e. The lowest BCUT2D eigenvalue weighted by Gasteiger charge is -2.23. The number of alkyl halides is 3. The maximum absolute atomic E-state index is 12.4. The van der Waals surface area contributed by atoms with Crippen LogP contribution in [-0.2, 0) is 27.9 Å². The van der Waals surface area contributed by atoms with Gasteiger partial charge in [-0.15, -0.1) is 0 Å². The van der Waals surface area contributed by atoms with Crippen molar-refractivity contribution in [1.29, 1.82) is 0 Å². The van der Waals surface area contributed by atoms with E-state index in [-0.39, 0.29) is 17.9 Å². The average Bonchev–Trinajstić information content (AvgIpc) is 3.18. The molecule has 28 heavy (non-hydrogen) atoms. The van der Waals surface area contributed by atoms with Gasteiger partial charge in [0, 0.05) is 38.8 Å².